The normalized spacial score (nSPS) is 11.7. The van der Waals surface area contributed by atoms with Gasteiger partial charge in [-0.2, -0.15) is 13.2 Å². The first kappa shape index (κ1) is 9.85. The maximum atomic E-state index is 12.1. The third-order valence-corrected chi connectivity index (χ3v) is 1.54. The van der Waals surface area contributed by atoms with Crippen molar-refractivity contribution in [2.45, 2.75) is 12.7 Å². The highest BCUT2D eigenvalue weighted by atomic mass is 19.4. The molecule has 0 saturated carbocycles. The fourth-order valence-electron chi connectivity index (χ4n) is 0.956. The Balaban J connectivity index is 3.16. The molecule has 0 atom stereocenters. The van der Waals surface area contributed by atoms with E-state index >= 15 is 0 Å². The zero-order valence-corrected chi connectivity index (χ0v) is 6.60. The van der Waals surface area contributed by atoms with E-state index in [0.29, 0.717) is 6.07 Å². The second-order valence-corrected chi connectivity index (χ2v) is 2.59. The molecule has 72 valence electrons. The van der Waals surface area contributed by atoms with Crippen molar-refractivity contribution in [1.82, 2.24) is 0 Å². The number of phenolic OH excluding ortho intramolecular Hbond substituents is 1. The molecule has 0 spiro atoms. The van der Waals surface area contributed by atoms with Crippen LogP contribution in [0.4, 0.5) is 13.2 Å². The van der Waals surface area contributed by atoms with Crippen molar-refractivity contribution in [2.75, 3.05) is 0 Å². The van der Waals surface area contributed by atoms with Gasteiger partial charge in [-0.1, -0.05) is 0 Å². The van der Waals surface area contributed by atoms with Gasteiger partial charge in [0.15, 0.2) is 0 Å². The second-order valence-electron chi connectivity index (χ2n) is 2.59. The van der Waals surface area contributed by atoms with Gasteiger partial charge in [0.2, 0.25) is 0 Å². The van der Waals surface area contributed by atoms with Gasteiger partial charge in [0.25, 0.3) is 0 Å². The third-order valence-electron chi connectivity index (χ3n) is 1.54. The fraction of sp³-hybridized carbons (Fsp3) is 0.250. The summed E-state index contributed by atoms with van der Waals surface area (Å²) in [5.41, 5.74) is 4.53. The van der Waals surface area contributed by atoms with Crippen molar-refractivity contribution in [3.8, 4) is 5.75 Å². The van der Waals surface area contributed by atoms with E-state index in [4.69, 9.17) is 10.8 Å². The molecule has 0 fully saturated rings. The van der Waals surface area contributed by atoms with Crippen molar-refractivity contribution in [1.29, 1.82) is 0 Å². The molecule has 0 heterocycles. The first-order chi connectivity index (χ1) is 5.93. The smallest absolute Gasteiger partial charge is 0.416 e. The molecule has 0 amide bonds. The summed E-state index contributed by atoms with van der Waals surface area (Å²) in [6.45, 7) is -0.0303. The number of hydrogen-bond acceptors (Lipinski definition) is 2. The SMILES string of the molecule is NCc1cc(O)cc(C(F)(F)F)c1. The van der Waals surface area contributed by atoms with Gasteiger partial charge < -0.3 is 10.8 Å². The van der Waals surface area contributed by atoms with E-state index in [2.05, 4.69) is 0 Å². The quantitative estimate of drug-likeness (QED) is 0.711. The van der Waals surface area contributed by atoms with Crippen LogP contribution in [0, 0.1) is 0 Å². The summed E-state index contributed by atoms with van der Waals surface area (Å²) in [6.07, 6.45) is -4.44. The van der Waals surface area contributed by atoms with Crippen LogP contribution >= 0.6 is 0 Å². The number of phenols is 1. The molecule has 0 radical (unpaired) electrons. The molecular formula is C8H8F3NO. The number of alkyl halides is 3. The van der Waals surface area contributed by atoms with Gasteiger partial charge in [-0.15, -0.1) is 0 Å². The molecule has 1 rings (SSSR count). The lowest BCUT2D eigenvalue weighted by molar-refractivity contribution is -0.137. The minimum absolute atomic E-state index is 0.0303. The Morgan fingerprint density at radius 2 is 1.85 bits per heavy atom. The maximum Gasteiger partial charge on any atom is 0.416 e. The van der Waals surface area contributed by atoms with Gasteiger partial charge in [-0.25, -0.2) is 0 Å². The van der Waals surface area contributed by atoms with Crippen molar-refractivity contribution in [3.63, 3.8) is 0 Å². The molecule has 3 N–H and O–H groups in total. The van der Waals surface area contributed by atoms with E-state index in [9.17, 15) is 13.2 Å². The molecule has 2 nitrogen and oxygen atoms in total. The Kier molecular flexibility index (Phi) is 2.47. The highest BCUT2D eigenvalue weighted by Crippen LogP contribution is 2.32. The van der Waals surface area contributed by atoms with Gasteiger partial charge in [-0.3, -0.25) is 0 Å². The lowest BCUT2D eigenvalue weighted by atomic mass is 10.1. The molecule has 0 aliphatic rings. The van der Waals surface area contributed by atoms with Gasteiger partial charge in [0.1, 0.15) is 5.75 Å². The molecule has 1 aromatic rings. The molecule has 0 aromatic heterocycles. The fourth-order valence-corrected chi connectivity index (χ4v) is 0.956. The van der Waals surface area contributed by atoms with Crippen LogP contribution in [0.25, 0.3) is 0 Å². The Morgan fingerprint density at radius 3 is 2.31 bits per heavy atom. The molecule has 0 aliphatic heterocycles. The molecule has 0 saturated heterocycles. The zero-order valence-electron chi connectivity index (χ0n) is 6.60. The molecule has 0 aliphatic carbocycles. The van der Waals surface area contributed by atoms with Crippen molar-refractivity contribution in [3.05, 3.63) is 29.3 Å². The van der Waals surface area contributed by atoms with Crippen molar-refractivity contribution >= 4 is 0 Å². The predicted molar refractivity (Wildman–Crippen MR) is 41.0 cm³/mol. The number of aromatic hydroxyl groups is 1. The third kappa shape index (κ3) is 2.35. The standard InChI is InChI=1S/C8H8F3NO/c9-8(10,11)6-1-5(4-12)2-7(13)3-6/h1-3,13H,4,12H2. The van der Waals surface area contributed by atoms with Gasteiger partial charge in [0.05, 0.1) is 5.56 Å². The summed E-state index contributed by atoms with van der Waals surface area (Å²) in [5.74, 6) is -0.421. The molecule has 13 heavy (non-hydrogen) atoms. The summed E-state index contributed by atoms with van der Waals surface area (Å²) >= 11 is 0. The topological polar surface area (TPSA) is 46.2 Å². The highest BCUT2D eigenvalue weighted by molar-refractivity contribution is 5.34. The average Bonchev–Trinajstić information content (AvgIpc) is 2.01. The van der Waals surface area contributed by atoms with E-state index in [1.54, 1.807) is 0 Å². The van der Waals surface area contributed by atoms with Gasteiger partial charge >= 0.3 is 6.18 Å². The summed E-state index contributed by atoms with van der Waals surface area (Å²) in [5, 5.41) is 8.93. The number of benzene rings is 1. The summed E-state index contributed by atoms with van der Waals surface area (Å²) in [4.78, 5) is 0. The van der Waals surface area contributed by atoms with Crippen molar-refractivity contribution < 1.29 is 18.3 Å². The summed E-state index contributed by atoms with van der Waals surface area (Å²) in [7, 11) is 0. The number of halogens is 3. The largest absolute Gasteiger partial charge is 0.508 e. The van der Waals surface area contributed by atoms with Crippen LogP contribution in [0.5, 0.6) is 5.75 Å². The number of hydrogen-bond donors (Lipinski definition) is 2. The van der Waals surface area contributed by atoms with Gasteiger partial charge in [-0.05, 0) is 23.8 Å². The van der Waals surface area contributed by atoms with E-state index in [1.807, 2.05) is 0 Å². The van der Waals surface area contributed by atoms with E-state index in [-0.39, 0.29) is 12.1 Å². The Bertz CT molecular complexity index is 309. The van der Waals surface area contributed by atoms with Crippen LogP contribution in [-0.2, 0) is 12.7 Å². The Hall–Kier alpha value is -1.23. The monoisotopic (exact) mass is 191 g/mol. The minimum Gasteiger partial charge on any atom is -0.508 e. The molecule has 1 aromatic carbocycles. The first-order valence-corrected chi connectivity index (χ1v) is 3.53. The average molecular weight is 191 g/mol. The maximum absolute atomic E-state index is 12.1. The van der Waals surface area contributed by atoms with Crippen LogP contribution in [0.3, 0.4) is 0 Å². The second kappa shape index (κ2) is 3.26. The summed E-state index contributed by atoms with van der Waals surface area (Å²) in [6, 6.07) is 2.79. The van der Waals surface area contributed by atoms with Crippen LogP contribution in [0.15, 0.2) is 18.2 Å². The minimum atomic E-state index is -4.44. The molecule has 5 heteroatoms. The van der Waals surface area contributed by atoms with Crippen LogP contribution in [0.1, 0.15) is 11.1 Å². The lowest BCUT2D eigenvalue weighted by Gasteiger charge is -2.08. The van der Waals surface area contributed by atoms with E-state index in [1.165, 1.54) is 6.07 Å². The number of rotatable bonds is 1. The predicted octanol–water partition coefficient (Wildman–Crippen LogP) is 1.87. The number of nitrogens with two attached hydrogens (primary N) is 1. The van der Waals surface area contributed by atoms with Crippen molar-refractivity contribution in [2.24, 2.45) is 5.73 Å². The molecule has 0 unspecified atom stereocenters. The molecule has 0 bridgehead atoms. The summed E-state index contributed by atoms with van der Waals surface area (Å²) < 4.78 is 36.4. The zero-order chi connectivity index (χ0) is 10.1. The van der Waals surface area contributed by atoms with Crippen LogP contribution in [0.2, 0.25) is 0 Å². The molecular weight excluding hydrogens is 183 g/mol. The highest BCUT2D eigenvalue weighted by Gasteiger charge is 2.31. The van der Waals surface area contributed by atoms with Crippen LogP contribution < -0.4 is 5.73 Å². The van der Waals surface area contributed by atoms with E-state index < -0.39 is 17.5 Å². The Morgan fingerprint density at radius 1 is 1.23 bits per heavy atom. The Labute approximate surface area is 72.8 Å². The van der Waals surface area contributed by atoms with Gasteiger partial charge in [0, 0.05) is 6.54 Å². The van der Waals surface area contributed by atoms with Crippen LogP contribution in [-0.4, -0.2) is 5.11 Å². The first-order valence-electron chi connectivity index (χ1n) is 3.53. The van der Waals surface area contributed by atoms with E-state index in [0.717, 1.165) is 6.07 Å². The lowest BCUT2D eigenvalue weighted by Crippen LogP contribution is -2.06.